The molecule has 2 rings (SSSR count). The Morgan fingerprint density at radius 2 is 1.87 bits per heavy atom. The first-order valence-electron chi connectivity index (χ1n) is 7.06. The Kier molecular flexibility index (Phi) is 6.38. The number of thiocarbonyl (C=S) groups is 1. The molecule has 0 saturated heterocycles. The first-order chi connectivity index (χ1) is 11.2. The SMILES string of the molecule is COc1cccc(C=NNC(=S)NCc2ccccc2)c1OC. The van der Waals surface area contributed by atoms with Crippen LogP contribution in [0.15, 0.2) is 53.6 Å². The predicted octanol–water partition coefficient (Wildman–Crippen LogP) is 2.70. The van der Waals surface area contributed by atoms with Gasteiger partial charge in [-0.2, -0.15) is 5.10 Å². The summed E-state index contributed by atoms with van der Waals surface area (Å²) in [6, 6.07) is 15.6. The molecule has 0 saturated carbocycles. The van der Waals surface area contributed by atoms with Crippen molar-refractivity contribution in [1.82, 2.24) is 10.7 Å². The van der Waals surface area contributed by atoms with Crippen molar-refractivity contribution in [3.05, 3.63) is 59.7 Å². The third-order valence-corrected chi connectivity index (χ3v) is 3.33. The van der Waals surface area contributed by atoms with E-state index in [1.807, 2.05) is 48.5 Å². The molecule has 2 aromatic rings. The van der Waals surface area contributed by atoms with Crippen LogP contribution in [-0.2, 0) is 6.54 Å². The lowest BCUT2D eigenvalue weighted by Crippen LogP contribution is -2.31. The first-order valence-corrected chi connectivity index (χ1v) is 7.47. The standard InChI is InChI=1S/C17H19N3O2S/c1-21-15-10-6-9-14(16(15)22-2)12-19-20-17(23)18-11-13-7-4-3-5-8-13/h3-10,12H,11H2,1-2H3,(H2,18,20,23). The Hall–Kier alpha value is -2.60. The number of hydrogen-bond donors (Lipinski definition) is 2. The maximum atomic E-state index is 5.34. The maximum Gasteiger partial charge on any atom is 0.187 e. The van der Waals surface area contributed by atoms with E-state index in [0.717, 1.165) is 11.1 Å². The zero-order valence-electron chi connectivity index (χ0n) is 13.1. The van der Waals surface area contributed by atoms with Crippen molar-refractivity contribution >= 4 is 23.5 Å². The van der Waals surface area contributed by atoms with Crippen LogP contribution in [0.1, 0.15) is 11.1 Å². The smallest absolute Gasteiger partial charge is 0.187 e. The fourth-order valence-electron chi connectivity index (χ4n) is 1.99. The van der Waals surface area contributed by atoms with Gasteiger partial charge in [0.1, 0.15) is 0 Å². The van der Waals surface area contributed by atoms with Crippen LogP contribution in [0, 0.1) is 0 Å². The number of hydrogen-bond acceptors (Lipinski definition) is 4. The highest BCUT2D eigenvalue weighted by atomic mass is 32.1. The minimum absolute atomic E-state index is 0.451. The largest absolute Gasteiger partial charge is 0.493 e. The van der Waals surface area contributed by atoms with Gasteiger partial charge in [-0.25, -0.2) is 0 Å². The fourth-order valence-corrected chi connectivity index (χ4v) is 2.12. The van der Waals surface area contributed by atoms with Crippen molar-refractivity contribution in [1.29, 1.82) is 0 Å². The van der Waals surface area contributed by atoms with Crippen LogP contribution in [0.4, 0.5) is 0 Å². The van der Waals surface area contributed by atoms with Gasteiger partial charge in [0.15, 0.2) is 16.6 Å². The van der Waals surface area contributed by atoms with Crippen molar-refractivity contribution < 1.29 is 9.47 Å². The summed E-state index contributed by atoms with van der Waals surface area (Å²) in [5, 5.41) is 7.66. The maximum absolute atomic E-state index is 5.34. The third kappa shape index (κ3) is 4.96. The molecule has 2 N–H and O–H groups in total. The third-order valence-electron chi connectivity index (χ3n) is 3.10. The van der Waals surface area contributed by atoms with Crippen LogP contribution in [0.5, 0.6) is 11.5 Å². The van der Waals surface area contributed by atoms with E-state index >= 15 is 0 Å². The normalized spacial score (nSPS) is 10.3. The molecule has 0 heterocycles. The number of methoxy groups -OCH3 is 2. The highest BCUT2D eigenvalue weighted by molar-refractivity contribution is 7.80. The molecule has 23 heavy (non-hydrogen) atoms. The van der Waals surface area contributed by atoms with Crippen LogP contribution in [0.25, 0.3) is 0 Å². The van der Waals surface area contributed by atoms with E-state index in [4.69, 9.17) is 21.7 Å². The Labute approximate surface area is 141 Å². The molecular weight excluding hydrogens is 310 g/mol. The molecule has 0 unspecified atom stereocenters. The molecule has 120 valence electrons. The van der Waals surface area contributed by atoms with Crippen LogP contribution >= 0.6 is 12.2 Å². The lowest BCUT2D eigenvalue weighted by atomic mass is 10.2. The summed E-state index contributed by atoms with van der Waals surface area (Å²) in [7, 11) is 3.19. The molecule has 0 aliphatic rings. The van der Waals surface area contributed by atoms with Gasteiger partial charge < -0.3 is 14.8 Å². The Morgan fingerprint density at radius 3 is 2.57 bits per heavy atom. The second kappa shape index (κ2) is 8.75. The zero-order chi connectivity index (χ0) is 16.5. The van der Waals surface area contributed by atoms with Crippen molar-refractivity contribution in [2.45, 2.75) is 6.54 Å². The molecule has 0 fully saturated rings. The van der Waals surface area contributed by atoms with Gasteiger partial charge >= 0.3 is 0 Å². The average Bonchev–Trinajstić information content (AvgIpc) is 2.60. The van der Waals surface area contributed by atoms with E-state index in [2.05, 4.69) is 15.8 Å². The van der Waals surface area contributed by atoms with Gasteiger partial charge in [0.05, 0.1) is 20.4 Å². The molecular formula is C17H19N3O2S. The monoisotopic (exact) mass is 329 g/mol. The van der Waals surface area contributed by atoms with Crippen LogP contribution in [0.3, 0.4) is 0 Å². The van der Waals surface area contributed by atoms with E-state index in [-0.39, 0.29) is 0 Å². The lowest BCUT2D eigenvalue weighted by Gasteiger charge is -2.10. The highest BCUT2D eigenvalue weighted by Crippen LogP contribution is 2.29. The number of nitrogens with one attached hydrogen (secondary N) is 2. The van der Waals surface area contributed by atoms with Crippen molar-refractivity contribution in [3.63, 3.8) is 0 Å². The number of ether oxygens (including phenoxy) is 2. The summed E-state index contributed by atoms with van der Waals surface area (Å²) in [6.45, 7) is 0.644. The second-order valence-electron chi connectivity index (χ2n) is 4.62. The average molecular weight is 329 g/mol. The summed E-state index contributed by atoms with van der Waals surface area (Å²) in [5.41, 5.74) is 4.73. The summed E-state index contributed by atoms with van der Waals surface area (Å²) >= 11 is 5.19. The van der Waals surface area contributed by atoms with Crippen LogP contribution in [0.2, 0.25) is 0 Å². The van der Waals surface area contributed by atoms with Crippen molar-refractivity contribution in [2.24, 2.45) is 5.10 Å². The van der Waals surface area contributed by atoms with Gasteiger partial charge in [0.25, 0.3) is 0 Å². The Morgan fingerprint density at radius 1 is 1.09 bits per heavy atom. The van der Waals surface area contributed by atoms with Gasteiger partial charge in [-0.3, -0.25) is 5.43 Å². The van der Waals surface area contributed by atoms with Gasteiger partial charge in [-0.15, -0.1) is 0 Å². The molecule has 6 heteroatoms. The molecule has 0 bridgehead atoms. The number of hydrazone groups is 1. The van der Waals surface area contributed by atoms with Gasteiger partial charge in [-0.05, 0) is 29.9 Å². The van der Waals surface area contributed by atoms with E-state index in [1.54, 1.807) is 20.4 Å². The number of rotatable bonds is 6. The van der Waals surface area contributed by atoms with Crippen molar-refractivity contribution in [3.8, 4) is 11.5 Å². The van der Waals surface area contributed by atoms with E-state index in [9.17, 15) is 0 Å². The second-order valence-corrected chi connectivity index (χ2v) is 5.03. The molecule has 0 aliphatic carbocycles. The molecule has 0 radical (unpaired) electrons. The summed E-state index contributed by atoms with van der Waals surface area (Å²) in [6.07, 6.45) is 1.64. The van der Waals surface area contributed by atoms with Gasteiger partial charge in [0.2, 0.25) is 0 Å². The molecule has 2 aromatic carbocycles. The van der Waals surface area contributed by atoms with E-state index < -0.39 is 0 Å². The number of nitrogens with zero attached hydrogens (tertiary/aromatic N) is 1. The fraction of sp³-hybridized carbons (Fsp3) is 0.176. The van der Waals surface area contributed by atoms with Crippen molar-refractivity contribution in [2.75, 3.05) is 14.2 Å². The van der Waals surface area contributed by atoms with Crippen LogP contribution in [-0.4, -0.2) is 25.5 Å². The van der Waals surface area contributed by atoms with Gasteiger partial charge in [-0.1, -0.05) is 36.4 Å². The molecule has 0 amide bonds. The summed E-state index contributed by atoms with van der Waals surface area (Å²) < 4.78 is 10.6. The lowest BCUT2D eigenvalue weighted by molar-refractivity contribution is 0.354. The number of benzene rings is 2. The minimum Gasteiger partial charge on any atom is -0.493 e. The quantitative estimate of drug-likeness (QED) is 0.485. The molecule has 0 aromatic heterocycles. The molecule has 0 atom stereocenters. The summed E-state index contributed by atoms with van der Waals surface area (Å²) in [4.78, 5) is 0. The molecule has 0 aliphatic heterocycles. The first kappa shape index (κ1) is 16.8. The highest BCUT2D eigenvalue weighted by Gasteiger charge is 2.07. The Balaban J connectivity index is 1.90. The van der Waals surface area contributed by atoms with Crippen LogP contribution < -0.4 is 20.2 Å². The van der Waals surface area contributed by atoms with Gasteiger partial charge in [0, 0.05) is 12.1 Å². The van der Waals surface area contributed by atoms with E-state index in [0.29, 0.717) is 23.2 Å². The predicted molar refractivity (Wildman–Crippen MR) is 96.2 cm³/mol. The zero-order valence-corrected chi connectivity index (χ0v) is 13.9. The molecule has 0 spiro atoms. The Bertz CT molecular complexity index is 675. The summed E-state index contributed by atoms with van der Waals surface area (Å²) in [5.74, 6) is 1.28. The van der Waals surface area contributed by atoms with E-state index in [1.165, 1.54) is 0 Å². The number of para-hydroxylation sites is 1. The topological polar surface area (TPSA) is 54.9 Å². The molecule has 5 nitrogen and oxygen atoms in total. The minimum atomic E-state index is 0.451.